The first-order valence-electron chi connectivity index (χ1n) is 9.37. The third-order valence-electron chi connectivity index (χ3n) is 5.70. The standard InChI is InChI=1S/C21H31N/c22-16-18-13-11-17(12-14-18)15-21(19-7-3-1-4-8-19)20-9-5-2-6-10-20/h11-15,19-20H,1-10,16,22H2. The zero-order chi connectivity index (χ0) is 15.2. The molecule has 0 saturated heterocycles. The van der Waals surface area contributed by atoms with Gasteiger partial charge in [-0.2, -0.15) is 0 Å². The fourth-order valence-electron chi connectivity index (χ4n) is 4.38. The number of hydrogen-bond donors (Lipinski definition) is 1. The molecule has 120 valence electrons. The van der Waals surface area contributed by atoms with Gasteiger partial charge < -0.3 is 5.73 Å². The molecule has 0 aliphatic heterocycles. The SMILES string of the molecule is NCc1ccc(C=C(C2CCCCC2)C2CCCCC2)cc1. The second-order valence-corrected chi connectivity index (χ2v) is 7.26. The summed E-state index contributed by atoms with van der Waals surface area (Å²) in [4.78, 5) is 0. The molecule has 0 aromatic heterocycles. The van der Waals surface area contributed by atoms with Crippen molar-refractivity contribution >= 4 is 6.08 Å². The van der Waals surface area contributed by atoms with Crippen LogP contribution in [0.4, 0.5) is 0 Å². The van der Waals surface area contributed by atoms with Crippen LogP contribution in [0.25, 0.3) is 6.08 Å². The first-order chi connectivity index (χ1) is 10.9. The zero-order valence-electron chi connectivity index (χ0n) is 13.9. The normalized spacial score (nSPS) is 20.8. The number of hydrogen-bond acceptors (Lipinski definition) is 1. The summed E-state index contributed by atoms with van der Waals surface area (Å²) in [6, 6.07) is 8.89. The molecule has 0 bridgehead atoms. The lowest BCUT2D eigenvalue weighted by Gasteiger charge is -2.32. The quantitative estimate of drug-likeness (QED) is 0.759. The number of allylic oxidation sites excluding steroid dienone is 1. The van der Waals surface area contributed by atoms with Gasteiger partial charge in [-0.3, -0.25) is 0 Å². The molecule has 2 saturated carbocycles. The van der Waals surface area contributed by atoms with Crippen molar-refractivity contribution in [1.29, 1.82) is 0 Å². The molecule has 0 heterocycles. The lowest BCUT2D eigenvalue weighted by Crippen LogP contribution is -2.18. The van der Waals surface area contributed by atoms with Crippen LogP contribution in [0.1, 0.15) is 75.3 Å². The molecule has 0 spiro atoms. The van der Waals surface area contributed by atoms with Gasteiger partial charge in [-0.1, -0.05) is 74.4 Å². The maximum atomic E-state index is 5.72. The Morgan fingerprint density at radius 2 is 1.32 bits per heavy atom. The van der Waals surface area contributed by atoms with E-state index < -0.39 is 0 Å². The second-order valence-electron chi connectivity index (χ2n) is 7.26. The van der Waals surface area contributed by atoms with Gasteiger partial charge in [0, 0.05) is 6.54 Å². The topological polar surface area (TPSA) is 26.0 Å². The van der Waals surface area contributed by atoms with Gasteiger partial charge in [0.05, 0.1) is 0 Å². The van der Waals surface area contributed by atoms with E-state index in [9.17, 15) is 0 Å². The zero-order valence-corrected chi connectivity index (χ0v) is 13.9. The summed E-state index contributed by atoms with van der Waals surface area (Å²) in [5, 5.41) is 0. The minimum Gasteiger partial charge on any atom is -0.326 e. The van der Waals surface area contributed by atoms with Crippen LogP contribution in [0.15, 0.2) is 29.8 Å². The van der Waals surface area contributed by atoms with E-state index in [1.165, 1.54) is 75.3 Å². The fourth-order valence-corrected chi connectivity index (χ4v) is 4.38. The van der Waals surface area contributed by atoms with E-state index in [0.717, 1.165) is 11.8 Å². The number of benzene rings is 1. The molecular weight excluding hydrogens is 266 g/mol. The highest BCUT2D eigenvalue weighted by Crippen LogP contribution is 2.40. The van der Waals surface area contributed by atoms with Gasteiger partial charge in [0.2, 0.25) is 0 Å². The highest BCUT2D eigenvalue weighted by Gasteiger charge is 2.25. The Morgan fingerprint density at radius 1 is 0.818 bits per heavy atom. The summed E-state index contributed by atoms with van der Waals surface area (Å²) in [6.45, 7) is 0.641. The van der Waals surface area contributed by atoms with Crippen LogP contribution in [0.2, 0.25) is 0 Å². The van der Waals surface area contributed by atoms with E-state index in [1.54, 1.807) is 5.57 Å². The van der Waals surface area contributed by atoms with Crippen LogP contribution in [0.5, 0.6) is 0 Å². The Hall–Kier alpha value is -1.08. The monoisotopic (exact) mass is 297 g/mol. The van der Waals surface area contributed by atoms with Gasteiger partial charge >= 0.3 is 0 Å². The van der Waals surface area contributed by atoms with Crippen LogP contribution in [-0.4, -0.2) is 0 Å². The molecule has 2 aliphatic carbocycles. The van der Waals surface area contributed by atoms with E-state index >= 15 is 0 Å². The summed E-state index contributed by atoms with van der Waals surface area (Å²) in [5.74, 6) is 1.71. The number of nitrogens with two attached hydrogens (primary N) is 1. The van der Waals surface area contributed by atoms with E-state index in [0.29, 0.717) is 6.54 Å². The Kier molecular flexibility index (Phi) is 5.72. The van der Waals surface area contributed by atoms with Crippen LogP contribution in [0.3, 0.4) is 0 Å². The lowest BCUT2D eigenvalue weighted by molar-refractivity contribution is 0.328. The highest BCUT2D eigenvalue weighted by atomic mass is 14.5. The molecular formula is C21H31N. The van der Waals surface area contributed by atoms with E-state index in [4.69, 9.17) is 5.73 Å². The Balaban J connectivity index is 1.83. The molecule has 1 aromatic carbocycles. The molecule has 2 aliphatic rings. The van der Waals surface area contributed by atoms with Crippen LogP contribution < -0.4 is 5.73 Å². The summed E-state index contributed by atoms with van der Waals surface area (Å²) in [5.41, 5.74) is 10.1. The molecule has 22 heavy (non-hydrogen) atoms. The van der Waals surface area contributed by atoms with E-state index in [2.05, 4.69) is 30.3 Å². The molecule has 0 radical (unpaired) electrons. The van der Waals surface area contributed by atoms with Gasteiger partial charge in [-0.15, -0.1) is 0 Å². The first-order valence-corrected chi connectivity index (χ1v) is 9.37. The predicted octanol–water partition coefficient (Wildman–Crippen LogP) is 5.69. The van der Waals surface area contributed by atoms with Gasteiger partial charge in [0.1, 0.15) is 0 Å². The molecule has 2 N–H and O–H groups in total. The van der Waals surface area contributed by atoms with E-state index in [-0.39, 0.29) is 0 Å². The van der Waals surface area contributed by atoms with Crippen molar-refractivity contribution in [1.82, 2.24) is 0 Å². The van der Waals surface area contributed by atoms with Gasteiger partial charge in [-0.25, -0.2) is 0 Å². The number of rotatable bonds is 4. The molecule has 0 unspecified atom stereocenters. The largest absolute Gasteiger partial charge is 0.326 e. The molecule has 1 aromatic rings. The van der Waals surface area contributed by atoms with Crippen molar-refractivity contribution in [2.24, 2.45) is 17.6 Å². The van der Waals surface area contributed by atoms with Gasteiger partial charge in [0.15, 0.2) is 0 Å². The van der Waals surface area contributed by atoms with Crippen molar-refractivity contribution in [2.45, 2.75) is 70.8 Å². The Morgan fingerprint density at radius 3 is 1.77 bits per heavy atom. The summed E-state index contributed by atoms with van der Waals surface area (Å²) >= 11 is 0. The fraction of sp³-hybridized carbons (Fsp3) is 0.619. The van der Waals surface area contributed by atoms with Crippen LogP contribution >= 0.6 is 0 Å². The van der Waals surface area contributed by atoms with Crippen LogP contribution in [0, 0.1) is 11.8 Å². The lowest BCUT2D eigenvalue weighted by atomic mass is 9.73. The van der Waals surface area contributed by atoms with Crippen molar-refractivity contribution in [3.8, 4) is 0 Å². The maximum absolute atomic E-state index is 5.72. The summed E-state index contributed by atoms with van der Waals surface area (Å²) in [7, 11) is 0. The molecule has 1 heteroatoms. The molecule has 1 nitrogen and oxygen atoms in total. The molecule has 0 atom stereocenters. The summed E-state index contributed by atoms with van der Waals surface area (Å²) < 4.78 is 0. The van der Waals surface area contributed by atoms with Gasteiger partial charge in [-0.05, 0) is 48.6 Å². The van der Waals surface area contributed by atoms with Gasteiger partial charge in [0.25, 0.3) is 0 Å². The van der Waals surface area contributed by atoms with Crippen molar-refractivity contribution in [3.63, 3.8) is 0 Å². The molecule has 3 rings (SSSR count). The predicted molar refractivity (Wildman–Crippen MR) is 95.5 cm³/mol. The van der Waals surface area contributed by atoms with Crippen molar-refractivity contribution < 1.29 is 0 Å². The second kappa shape index (κ2) is 7.97. The average molecular weight is 297 g/mol. The molecule has 0 amide bonds. The molecule has 2 fully saturated rings. The van der Waals surface area contributed by atoms with Crippen molar-refractivity contribution in [2.75, 3.05) is 0 Å². The minimum absolute atomic E-state index is 0.641. The maximum Gasteiger partial charge on any atom is 0.0178 e. The van der Waals surface area contributed by atoms with E-state index in [1.807, 2.05) is 0 Å². The first kappa shape index (κ1) is 15.8. The Bertz CT molecular complexity index is 453. The smallest absolute Gasteiger partial charge is 0.0178 e. The van der Waals surface area contributed by atoms with Crippen LogP contribution in [-0.2, 0) is 6.54 Å². The summed E-state index contributed by atoms with van der Waals surface area (Å²) in [6.07, 6.45) is 16.8. The third-order valence-corrected chi connectivity index (χ3v) is 5.70. The Labute approximate surface area is 136 Å². The highest BCUT2D eigenvalue weighted by molar-refractivity contribution is 5.54. The average Bonchev–Trinajstić information content (AvgIpc) is 2.62. The third kappa shape index (κ3) is 4.01. The minimum atomic E-state index is 0.641. The van der Waals surface area contributed by atoms with Crippen molar-refractivity contribution in [3.05, 3.63) is 41.0 Å².